The van der Waals surface area contributed by atoms with Crippen LogP contribution in [0.4, 0.5) is 10.1 Å². The van der Waals surface area contributed by atoms with Crippen molar-refractivity contribution in [2.24, 2.45) is 4.99 Å². The van der Waals surface area contributed by atoms with E-state index in [0.717, 1.165) is 3.57 Å². The number of H-pyrrole nitrogens is 1. The number of carbonyl (C=O) groups is 3. The summed E-state index contributed by atoms with van der Waals surface area (Å²) < 4.78 is 14.1. The molecule has 6 N–H and O–H groups in total. The molecule has 4 rings (SSSR count). The maximum Gasteiger partial charge on any atom is 0.305 e. The summed E-state index contributed by atoms with van der Waals surface area (Å²) in [6.45, 7) is -0.244. The number of guanidine groups is 1. The molecule has 0 bridgehead atoms. The number of carbonyl (C=O) groups excluding carboxylic acids is 2. The molecule has 1 unspecified atom stereocenters. The minimum atomic E-state index is -1.10. The van der Waals surface area contributed by atoms with Gasteiger partial charge in [0.1, 0.15) is 6.17 Å². The van der Waals surface area contributed by atoms with Crippen molar-refractivity contribution in [2.75, 3.05) is 25.0 Å². The highest BCUT2D eigenvalue weighted by atomic mass is 127. The number of carboxylic acids is 1. The molecule has 1 aromatic heterocycles. The predicted molar refractivity (Wildman–Crippen MR) is 145 cm³/mol. The van der Waals surface area contributed by atoms with E-state index in [0.29, 0.717) is 33.1 Å². The number of aromatic amines is 1. The molecule has 2 amide bonds. The van der Waals surface area contributed by atoms with Crippen molar-refractivity contribution in [3.05, 3.63) is 56.2 Å². The summed E-state index contributed by atoms with van der Waals surface area (Å²) in [4.78, 5) is 40.9. The molecular weight excluding hydrogens is 620 g/mol. The number of aliphatic carboxylic acids is 1. The molecule has 2 aromatic carbocycles. The van der Waals surface area contributed by atoms with Gasteiger partial charge in [-0.1, -0.05) is 11.6 Å². The first-order valence-corrected chi connectivity index (χ1v) is 12.6. The third kappa shape index (κ3) is 7.07. The summed E-state index contributed by atoms with van der Waals surface area (Å²) in [6.07, 6.45) is 0.150. The Balaban J connectivity index is 1.44. The standard InChI is InChI=1S/C23H22ClFIN7O4/c24-13-1-11(2-15(26)5-13)17(6-21(35)36)31-20(34)10-27-22(37)12-3-18(16-9-30-33-19(16)4-12)32-23-28-7-14(25)8-29-23/h1-5,9,14,17H,6-8,10H2,(H,27,37)(H,30,33)(H,31,34)(H,35,36)(H2,28,29,32)/t17-/m0/s1. The van der Waals surface area contributed by atoms with Crippen LogP contribution in [-0.4, -0.2) is 64.9 Å². The maximum absolute atomic E-state index is 13.4. The molecule has 0 saturated heterocycles. The Morgan fingerprint density at radius 3 is 2.76 bits per heavy atom. The lowest BCUT2D eigenvalue weighted by atomic mass is 10.0. The average Bonchev–Trinajstić information content (AvgIpc) is 3.32. The van der Waals surface area contributed by atoms with E-state index in [1.165, 1.54) is 0 Å². The number of halogens is 3. The summed E-state index contributed by atoms with van der Waals surface area (Å²) in [5.74, 6) is -1.84. The lowest BCUT2D eigenvalue weighted by molar-refractivity contribution is -0.137. The van der Waals surface area contributed by atoms with E-state index in [1.807, 2.05) is 22.6 Å². The fourth-order valence-corrected chi connectivity index (χ4v) is 4.85. The van der Waals surface area contributed by atoms with Crippen LogP contribution in [0.2, 0.25) is 5.02 Å². The molecule has 2 heterocycles. The molecule has 3 aromatic rings. The van der Waals surface area contributed by atoms with Crippen LogP contribution in [0.25, 0.3) is 10.9 Å². The van der Waals surface area contributed by atoms with Gasteiger partial charge < -0.3 is 26.4 Å². The Bertz CT molecular complexity index is 1360. The van der Waals surface area contributed by atoms with Crippen LogP contribution in [0.1, 0.15) is 28.4 Å². The number of anilines is 1. The molecule has 0 fully saturated rings. The second kappa shape index (κ2) is 11.7. The average molecular weight is 642 g/mol. The Kier molecular flexibility index (Phi) is 8.43. The van der Waals surface area contributed by atoms with Crippen LogP contribution in [-0.2, 0) is 9.59 Å². The fraction of sp³-hybridized carbons (Fsp3) is 0.261. The molecule has 0 aliphatic carbocycles. The number of alkyl halides is 1. The minimum Gasteiger partial charge on any atom is -0.481 e. The van der Waals surface area contributed by atoms with Crippen LogP contribution < -0.4 is 21.3 Å². The van der Waals surface area contributed by atoms with Gasteiger partial charge in [0.05, 0.1) is 49.5 Å². The molecule has 0 saturated carbocycles. The Hall–Kier alpha value is -3.46. The molecule has 14 heteroatoms. The zero-order chi connectivity index (χ0) is 26.5. The third-order valence-electron chi connectivity index (χ3n) is 5.42. The number of aliphatic imine (C=N–C) groups is 1. The zero-order valence-corrected chi connectivity index (χ0v) is 22.1. The topological polar surface area (TPSA) is 161 Å². The Morgan fingerprint density at radius 1 is 1.24 bits per heavy atom. The van der Waals surface area contributed by atoms with Gasteiger partial charge in [0.15, 0.2) is 5.96 Å². The van der Waals surface area contributed by atoms with Crippen molar-refractivity contribution >= 4 is 74.5 Å². The summed E-state index contributed by atoms with van der Waals surface area (Å²) in [7, 11) is 0. The van der Waals surface area contributed by atoms with Crippen molar-refractivity contribution in [2.45, 2.75) is 18.6 Å². The summed E-state index contributed by atoms with van der Waals surface area (Å²) in [5, 5.41) is 28.3. The number of amides is 2. The van der Waals surface area contributed by atoms with Crippen LogP contribution >= 0.6 is 34.2 Å². The highest BCUT2D eigenvalue weighted by Crippen LogP contribution is 2.25. The summed E-state index contributed by atoms with van der Waals surface area (Å²) in [6, 6.07) is 7.34. The van der Waals surface area contributed by atoms with E-state index in [4.69, 9.17) is 11.6 Å². The second-order valence-electron chi connectivity index (χ2n) is 8.25. The van der Waals surface area contributed by atoms with Gasteiger partial charge in [-0.3, -0.25) is 19.5 Å². The van der Waals surface area contributed by atoms with E-state index in [2.05, 4.69) is 36.5 Å². The second-order valence-corrected chi connectivity index (χ2v) is 9.93. The van der Waals surface area contributed by atoms with Crippen LogP contribution in [0.3, 0.4) is 0 Å². The van der Waals surface area contributed by atoms with Crippen LogP contribution in [0.15, 0.2) is 41.5 Å². The SMILES string of the molecule is O=C(O)C[C@H](NC(=O)CNC(=O)c1cc(NC2=NCC(F)CN2)c2cn[nH]c2c1)c1cc(Cl)cc(I)c1. The van der Waals surface area contributed by atoms with Gasteiger partial charge in [-0.05, 0) is 58.5 Å². The molecular formula is C23H22ClFIN7O4. The smallest absolute Gasteiger partial charge is 0.305 e. The molecule has 11 nitrogen and oxygen atoms in total. The van der Waals surface area contributed by atoms with Crippen molar-refractivity contribution in [3.63, 3.8) is 0 Å². The van der Waals surface area contributed by atoms with E-state index in [1.54, 1.807) is 36.5 Å². The largest absolute Gasteiger partial charge is 0.481 e. The van der Waals surface area contributed by atoms with Gasteiger partial charge in [0.2, 0.25) is 5.91 Å². The number of aromatic nitrogens is 2. The number of rotatable bonds is 8. The van der Waals surface area contributed by atoms with Crippen molar-refractivity contribution in [3.8, 4) is 0 Å². The van der Waals surface area contributed by atoms with Crippen molar-refractivity contribution < 1.29 is 23.9 Å². The highest BCUT2D eigenvalue weighted by Gasteiger charge is 2.21. The number of fused-ring (bicyclic) bond motifs is 1. The van der Waals surface area contributed by atoms with Crippen LogP contribution in [0, 0.1) is 3.57 Å². The van der Waals surface area contributed by atoms with Crippen molar-refractivity contribution in [1.82, 2.24) is 26.1 Å². The molecule has 1 aliphatic heterocycles. The Morgan fingerprint density at radius 2 is 2.05 bits per heavy atom. The number of benzene rings is 2. The van der Waals surface area contributed by atoms with Crippen molar-refractivity contribution in [1.29, 1.82) is 0 Å². The van der Waals surface area contributed by atoms with E-state index in [9.17, 15) is 23.9 Å². The number of hydrogen-bond acceptors (Lipinski definition) is 7. The predicted octanol–water partition coefficient (Wildman–Crippen LogP) is 2.59. The third-order valence-corrected chi connectivity index (χ3v) is 6.26. The van der Waals surface area contributed by atoms with Crippen LogP contribution in [0.5, 0.6) is 0 Å². The van der Waals surface area contributed by atoms with E-state index in [-0.39, 0.29) is 31.6 Å². The zero-order valence-electron chi connectivity index (χ0n) is 19.1. The normalized spacial score (nSPS) is 15.9. The first-order chi connectivity index (χ1) is 17.7. The maximum atomic E-state index is 13.4. The molecule has 0 spiro atoms. The minimum absolute atomic E-state index is 0.0242. The van der Waals surface area contributed by atoms with Gasteiger partial charge in [-0.15, -0.1) is 0 Å². The van der Waals surface area contributed by atoms with Gasteiger partial charge in [-0.2, -0.15) is 5.10 Å². The summed E-state index contributed by atoms with van der Waals surface area (Å²) >= 11 is 8.14. The first-order valence-electron chi connectivity index (χ1n) is 11.1. The quantitative estimate of drug-likeness (QED) is 0.206. The molecule has 1 aliphatic rings. The van der Waals surface area contributed by atoms with E-state index >= 15 is 0 Å². The van der Waals surface area contributed by atoms with Gasteiger partial charge >= 0.3 is 5.97 Å². The van der Waals surface area contributed by atoms with E-state index < -0.39 is 30.0 Å². The van der Waals surface area contributed by atoms with Gasteiger partial charge in [0.25, 0.3) is 5.91 Å². The number of nitrogens with one attached hydrogen (secondary N) is 5. The fourth-order valence-electron chi connectivity index (χ4n) is 3.73. The number of hydrogen-bond donors (Lipinski definition) is 6. The molecule has 0 radical (unpaired) electrons. The molecule has 194 valence electrons. The van der Waals surface area contributed by atoms with Gasteiger partial charge in [0, 0.05) is 19.5 Å². The van der Waals surface area contributed by atoms with Gasteiger partial charge in [-0.25, -0.2) is 9.38 Å². The lowest BCUT2D eigenvalue weighted by Gasteiger charge is -2.19. The molecule has 2 atom stereocenters. The Labute approximate surface area is 228 Å². The first kappa shape index (κ1) is 26.6. The molecule has 37 heavy (non-hydrogen) atoms. The highest BCUT2D eigenvalue weighted by molar-refractivity contribution is 14.1. The monoisotopic (exact) mass is 641 g/mol. The lowest BCUT2D eigenvalue weighted by Crippen LogP contribution is -2.41. The summed E-state index contributed by atoms with van der Waals surface area (Å²) in [5.41, 5.74) is 1.86. The number of carboxylic acid groups (broad SMARTS) is 1. The number of nitrogens with zero attached hydrogens (tertiary/aromatic N) is 2.